The van der Waals surface area contributed by atoms with Crippen LogP contribution in [0, 0.1) is 6.92 Å². The van der Waals surface area contributed by atoms with Gasteiger partial charge in [-0.2, -0.15) is 5.10 Å². The van der Waals surface area contributed by atoms with E-state index in [1.54, 1.807) is 25.6 Å². The second kappa shape index (κ2) is 9.49. The maximum atomic E-state index is 11.9. The van der Waals surface area contributed by atoms with E-state index in [9.17, 15) is 4.79 Å². The number of hydrogen-bond donors (Lipinski definition) is 0. The van der Waals surface area contributed by atoms with E-state index in [1.807, 2.05) is 22.9 Å². The minimum absolute atomic E-state index is 0.220. The van der Waals surface area contributed by atoms with Gasteiger partial charge < -0.3 is 9.47 Å². The molecular weight excluding hydrogens is 396 g/mol. The third-order valence-electron chi connectivity index (χ3n) is 5.04. The number of nitrogens with zero attached hydrogens (tertiary/aromatic N) is 2. The van der Waals surface area contributed by atoms with E-state index < -0.39 is 11.6 Å². The second-order valence-corrected chi connectivity index (χ2v) is 8.51. The van der Waals surface area contributed by atoms with E-state index in [0.717, 1.165) is 17.0 Å². The van der Waals surface area contributed by atoms with Gasteiger partial charge in [-0.1, -0.05) is 36.4 Å². The molecule has 158 valence electrons. The Kier molecular flexibility index (Phi) is 7.00. The molecule has 0 aliphatic carbocycles. The van der Waals surface area contributed by atoms with Crippen molar-refractivity contribution in [3.05, 3.63) is 71.4 Å². The number of benzene rings is 2. The highest BCUT2D eigenvalue weighted by Crippen LogP contribution is 2.27. The second-order valence-electron chi connectivity index (χ2n) is 7.63. The smallest absolute Gasteiger partial charge is 0.337 e. The van der Waals surface area contributed by atoms with E-state index in [2.05, 4.69) is 49.6 Å². The molecular formula is C24H28N2O3S. The Hall–Kier alpha value is -2.57. The average Bonchev–Trinajstić information content (AvgIpc) is 3.16. The van der Waals surface area contributed by atoms with Crippen molar-refractivity contribution in [3.8, 4) is 11.3 Å². The summed E-state index contributed by atoms with van der Waals surface area (Å²) in [7, 11) is 1.36. The zero-order valence-corrected chi connectivity index (χ0v) is 19.0. The SMILES string of the molecule is COC(=O)C(C)(C)OCc1cc(-c2cccc(SC)c2)n(Cc2ccccc2C)n1. The predicted octanol–water partition coefficient (Wildman–Crippen LogP) is 5.10. The summed E-state index contributed by atoms with van der Waals surface area (Å²) in [6.07, 6.45) is 2.07. The van der Waals surface area contributed by atoms with E-state index in [4.69, 9.17) is 14.6 Å². The first-order valence-corrected chi connectivity index (χ1v) is 11.0. The molecule has 3 aromatic rings. The highest BCUT2D eigenvalue weighted by Gasteiger charge is 2.30. The summed E-state index contributed by atoms with van der Waals surface area (Å²) in [6, 6.07) is 18.8. The summed E-state index contributed by atoms with van der Waals surface area (Å²) in [5.41, 5.74) is 4.29. The van der Waals surface area contributed by atoms with Gasteiger partial charge in [-0.3, -0.25) is 4.68 Å². The summed E-state index contributed by atoms with van der Waals surface area (Å²) in [4.78, 5) is 13.1. The predicted molar refractivity (Wildman–Crippen MR) is 121 cm³/mol. The number of methoxy groups -OCH3 is 1. The van der Waals surface area contributed by atoms with Gasteiger partial charge in [0.1, 0.15) is 0 Å². The first-order valence-electron chi connectivity index (χ1n) is 9.82. The Bertz CT molecular complexity index is 1030. The molecule has 5 nitrogen and oxygen atoms in total. The Morgan fingerprint density at radius 2 is 1.90 bits per heavy atom. The molecule has 0 spiro atoms. The molecule has 1 heterocycles. The number of ether oxygens (including phenoxy) is 2. The van der Waals surface area contributed by atoms with Crippen LogP contribution in [0.2, 0.25) is 0 Å². The minimum Gasteiger partial charge on any atom is -0.467 e. The summed E-state index contributed by atoms with van der Waals surface area (Å²) >= 11 is 1.71. The molecule has 0 saturated carbocycles. The highest BCUT2D eigenvalue weighted by molar-refractivity contribution is 7.98. The fraction of sp³-hybridized carbons (Fsp3) is 0.333. The van der Waals surface area contributed by atoms with Gasteiger partial charge >= 0.3 is 5.97 Å². The summed E-state index contributed by atoms with van der Waals surface area (Å²) in [5, 5.41) is 4.80. The van der Waals surface area contributed by atoms with Gasteiger partial charge in [0.15, 0.2) is 5.60 Å². The molecule has 1 aromatic heterocycles. The quantitative estimate of drug-likeness (QED) is 0.372. The van der Waals surface area contributed by atoms with Crippen LogP contribution in [0.15, 0.2) is 59.5 Å². The molecule has 30 heavy (non-hydrogen) atoms. The molecule has 0 N–H and O–H groups in total. The molecule has 0 aliphatic heterocycles. The van der Waals surface area contributed by atoms with Crippen LogP contribution < -0.4 is 0 Å². The number of carbonyl (C=O) groups excluding carboxylic acids is 1. The van der Waals surface area contributed by atoms with Crippen molar-refractivity contribution in [2.24, 2.45) is 0 Å². The van der Waals surface area contributed by atoms with Gasteiger partial charge in [0.2, 0.25) is 0 Å². The van der Waals surface area contributed by atoms with E-state index in [1.165, 1.54) is 23.1 Å². The zero-order chi connectivity index (χ0) is 21.7. The number of thioether (sulfide) groups is 1. The molecule has 0 unspecified atom stereocenters. The molecule has 0 aliphatic rings. The van der Waals surface area contributed by atoms with Crippen LogP contribution in [-0.2, 0) is 27.4 Å². The van der Waals surface area contributed by atoms with Crippen LogP contribution in [0.3, 0.4) is 0 Å². The standard InChI is InChI=1S/C24H28N2O3S/c1-17-9-6-7-10-19(17)15-26-22(18-11-8-12-21(13-18)30-5)14-20(25-26)16-29-24(2,3)23(27)28-4/h6-14H,15-16H2,1-5H3. The molecule has 0 fully saturated rings. The summed E-state index contributed by atoms with van der Waals surface area (Å²) in [5.74, 6) is -0.408. The lowest BCUT2D eigenvalue weighted by Crippen LogP contribution is -2.35. The normalized spacial score (nSPS) is 11.5. The Balaban J connectivity index is 1.94. The molecule has 0 atom stereocenters. The van der Waals surface area contributed by atoms with Crippen molar-refractivity contribution < 1.29 is 14.3 Å². The van der Waals surface area contributed by atoms with Gasteiger partial charge in [0.05, 0.1) is 31.6 Å². The van der Waals surface area contributed by atoms with Crippen molar-refractivity contribution in [2.45, 2.75) is 44.4 Å². The average molecular weight is 425 g/mol. The Labute approximate surface area is 182 Å². The van der Waals surface area contributed by atoms with E-state index in [-0.39, 0.29) is 6.61 Å². The topological polar surface area (TPSA) is 53.4 Å². The fourth-order valence-electron chi connectivity index (χ4n) is 3.18. The number of esters is 1. The number of hydrogen-bond acceptors (Lipinski definition) is 5. The molecule has 0 saturated heterocycles. The summed E-state index contributed by atoms with van der Waals surface area (Å²) in [6.45, 7) is 6.39. The van der Waals surface area contributed by atoms with Gasteiger partial charge in [-0.25, -0.2) is 4.79 Å². The lowest BCUT2D eigenvalue weighted by Gasteiger charge is -2.21. The lowest BCUT2D eigenvalue weighted by molar-refractivity contribution is -0.166. The first-order chi connectivity index (χ1) is 14.3. The van der Waals surface area contributed by atoms with Gasteiger partial charge in [0.25, 0.3) is 0 Å². The van der Waals surface area contributed by atoms with Gasteiger partial charge in [-0.05, 0) is 56.4 Å². The van der Waals surface area contributed by atoms with Crippen LogP contribution in [0.1, 0.15) is 30.7 Å². The monoisotopic (exact) mass is 424 g/mol. The van der Waals surface area contributed by atoms with Crippen LogP contribution >= 0.6 is 11.8 Å². The molecule has 3 rings (SSSR count). The lowest BCUT2D eigenvalue weighted by atomic mass is 10.1. The van der Waals surface area contributed by atoms with E-state index in [0.29, 0.717) is 6.54 Å². The third kappa shape index (κ3) is 5.12. The number of aromatic nitrogens is 2. The van der Waals surface area contributed by atoms with Crippen molar-refractivity contribution >= 4 is 17.7 Å². The van der Waals surface area contributed by atoms with Crippen molar-refractivity contribution in [3.63, 3.8) is 0 Å². The van der Waals surface area contributed by atoms with Crippen LogP contribution in [0.4, 0.5) is 0 Å². The fourth-order valence-corrected chi connectivity index (χ4v) is 3.64. The molecule has 0 amide bonds. The van der Waals surface area contributed by atoms with Crippen LogP contribution in [0.5, 0.6) is 0 Å². The first kappa shape index (κ1) is 22.1. The molecule has 2 aromatic carbocycles. The molecule has 0 bridgehead atoms. The molecule has 6 heteroatoms. The number of rotatable bonds is 8. The van der Waals surface area contributed by atoms with Gasteiger partial charge in [-0.15, -0.1) is 11.8 Å². The van der Waals surface area contributed by atoms with Gasteiger partial charge in [0, 0.05) is 10.5 Å². The minimum atomic E-state index is -1.03. The van der Waals surface area contributed by atoms with Crippen LogP contribution in [0.25, 0.3) is 11.3 Å². The Morgan fingerprint density at radius 3 is 2.60 bits per heavy atom. The third-order valence-corrected chi connectivity index (χ3v) is 5.76. The Morgan fingerprint density at radius 1 is 1.13 bits per heavy atom. The zero-order valence-electron chi connectivity index (χ0n) is 18.1. The largest absolute Gasteiger partial charge is 0.467 e. The molecule has 0 radical (unpaired) electrons. The van der Waals surface area contributed by atoms with Crippen LogP contribution in [-0.4, -0.2) is 34.7 Å². The highest BCUT2D eigenvalue weighted by atomic mass is 32.2. The van der Waals surface area contributed by atoms with Crippen molar-refractivity contribution in [2.75, 3.05) is 13.4 Å². The maximum absolute atomic E-state index is 11.9. The van der Waals surface area contributed by atoms with Crippen molar-refractivity contribution in [1.82, 2.24) is 9.78 Å². The summed E-state index contributed by atoms with van der Waals surface area (Å²) < 4.78 is 12.7. The number of aryl methyl sites for hydroxylation is 1. The van der Waals surface area contributed by atoms with E-state index >= 15 is 0 Å². The number of carbonyl (C=O) groups is 1. The van der Waals surface area contributed by atoms with Crippen molar-refractivity contribution in [1.29, 1.82) is 0 Å². The maximum Gasteiger partial charge on any atom is 0.337 e.